The lowest BCUT2D eigenvalue weighted by Crippen LogP contribution is -2.30. The van der Waals surface area contributed by atoms with Crippen LogP contribution in [0.15, 0.2) is 109 Å². The summed E-state index contributed by atoms with van der Waals surface area (Å²) in [5.41, 5.74) is 0. The molecule has 0 radical (unpaired) electrons. The molecule has 0 heterocycles. The van der Waals surface area contributed by atoms with Gasteiger partial charge in [-0.1, -0.05) is 310 Å². The van der Waals surface area contributed by atoms with E-state index in [0.29, 0.717) is 19.3 Å². The maximum atomic E-state index is 13.0. The van der Waals surface area contributed by atoms with Gasteiger partial charge in [0, 0.05) is 19.3 Å². The van der Waals surface area contributed by atoms with E-state index in [2.05, 4.69) is 130 Å². The molecule has 0 amide bonds. The van der Waals surface area contributed by atoms with Gasteiger partial charge in [0.1, 0.15) is 13.2 Å². The van der Waals surface area contributed by atoms with E-state index in [-0.39, 0.29) is 31.1 Å². The molecule has 0 fully saturated rings. The molecule has 6 nitrogen and oxygen atoms in total. The van der Waals surface area contributed by atoms with Gasteiger partial charge in [-0.05, 0) is 122 Å². The Balaban J connectivity index is 4.34. The number of carbonyl (C=O) groups excluding carboxylic acids is 3. The number of hydrogen-bond donors (Lipinski definition) is 0. The maximum Gasteiger partial charge on any atom is 0.306 e. The summed E-state index contributed by atoms with van der Waals surface area (Å²) in [6.45, 7) is 6.43. The molecule has 0 saturated heterocycles. The summed E-state index contributed by atoms with van der Waals surface area (Å²) in [5.74, 6) is -0.888. The fourth-order valence-electron chi connectivity index (χ4n) is 10.0. The lowest BCUT2D eigenvalue weighted by atomic mass is 10.0. The van der Waals surface area contributed by atoms with Crippen molar-refractivity contribution >= 4 is 17.9 Å². The Kier molecular flexibility index (Phi) is 67.2. The van der Waals surface area contributed by atoms with Crippen LogP contribution in [0.25, 0.3) is 0 Å². The zero-order chi connectivity index (χ0) is 59.9. The van der Waals surface area contributed by atoms with Crippen LogP contribution in [0.5, 0.6) is 0 Å². The zero-order valence-corrected chi connectivity index (χ0v) is 54.7. The summed E-state index contributed by atoms with van der Waals surface area (Å²) in [5, 5.41) is 0. The first kappa shape index (κ1) is 79.1. The molecule has 0 aliphatic rings. The molecule has 476 valence electrons. The Morgan fingerprint density at radius 3 is 0.735 bits per heavy atom. The van der Waals surface area contributed by atoms with Gasteiger partial charge in [0.15, 0.2) is 6.10 Å². The van der Waals surface area contributed by atoms with Crippen LogP contribution in [0, 0.1) is 0 Å². The van der Waals surface area contributed by atoms with E-state index < -0.39 is 6.10 Å². The molecule has 83 heavy (non-hydrogen) atoms. The molecular formula is C77H132O6. The first-order valence-electron chi connectivity index (χ1n) is 35.4. The largest absolute Gasteiger partial charge is 0.462 e. The van der Waals surface area contributed by atoms with Crippen molar-refractivity contribution in [3.05, 3.63) is 109 Å². The highest BCUT2D eigenvalue weighted by molar-refractivity contribution is 5.71. The number of allylic oxidation sites excluding steroid dienone is 18. The molecule has 6 heteroatoms. The number of esters is 3. The van der Waals surface area contributed by atoms with Crippen LogP contribution in [-0.2, 0) is 28.6 Å². The van der Waals surface area contributed by atoms with Crippen LogP contribution in [0.1, 0.15) is 342 Å². The Bertz CT molecular complexity index is 1660. The minimum Gasteiger partial charge on any atom is -0.462 e. The van der Waals surface area contributed by atoms with Crippen LogP contribution in [0.2, 0.25) is 0 Å². The fraction of sp³-hybridized carbons (Fsp3) is 0.727. The van der Waals surface area contributed by atoms with Gasteiger partial charge in [-0.15, -0.1) is 0 Å². The second kappa shape index (κ2) is 70.6. The Hall–Kier alpha value is -3.93. The van der Waals surface area contributed by atoms with E-state index in [4.69, 9.17) is 14.2 Å². The number of hydrogen-bond acceptors (Lipinski definition) is 6. The minimum atomic E-state index is -0.790. The van der Waals surface area contributed by atoms with Crippen molar-refractivity contribution in [2.75, 3.05) is 13.2 Å². The number of rotatable bonds is 64. The minimum absolute atomic E-state index is 0.0838. The van der Waals surface area contributed by atoms with Crippen molar-refractivity contribution in [1.82, 2.24) is 0 Å². The van der Waals surface area contributed by atoms with Crippen molar-refractivity contribution in [2.45, 2.75) is 348 Å². The number of carbonyl (C=O) groups is 3. The van der Waals surface area contributed by atoms with Crippen molar-refractivity contribution in [2.24, 2.45) is 0 Å². The van der Waals surface area contributed by atoms with Crippen molar-refractivity contribution in [3.8, 4) is 0 Å². The first-order valence-corrected chi connectivity index (χ1v) is 35.4. The van der Waals surface area contributed by atoms with E-state index in [1.54, 1.807) is 0 Å². The molecular weight excluding hydrogens is 1020 g/mol. The van der Waals surface area contributed by atoms with E-state index >= 15 is 0 Å². The van der Waals surface area contributed by atoms with Gasteiger partial charge < -0.3 is 14.2 Å². The molecule has 0 saturated carbocycles. The second-order valence-electron chi connectivity index (χ2n) is 23.4. The number of ether oxygens (including phenoxy) is 3. The summed E-state index contributed by atoms with van der Waals surface area (Å²) >= 11 is 0. The monoisotopic (exact) mass is 1150 g/mol. The van der Waals surface area contributed by atoms with Gasteiger partial charge in [-0.2, -0.15) is 0 Å². The molecule has 0 N–H and O–H groups in total. The van der Waals surface area contributed by atoms with Crippen molar-refractivity contribution in [1.29, 1.82) is 0 Å². The third kappa shape index (κ3) is 68.7. The molecule has 0 aromatic carbocycles. The van der Waals surface area contributed by atoms with E-state index in [0.717, 1.165) is 122 Å². The van der Waals surface area contributed by atoms with E-state index in [9.17, 15) is 14.4 Å². The molecule has 0 aliphatic heterocycles. The molecule has 0 aromatic heterocycles. The smallest absolute Gasteiger partial charge is 0.306 e. The van der Waals surface area contributed by atoms with Gasteiger partial charge in [0.2, 0.25) is 0 Å². The van der Waals surface area contributed by atoms with Gasteiger partial charge in [0.25, 0.3) is 0 Å². The molecule has 1 unspecified atom stereocenters. The molecule has 1 atom stereocenters. The predicted molar refractivity (Wildman–Crippen MR) is 362 cm³/mol. The summed E-state index contributed by atoms with van der Waals surface area (Å²) in [6.07, 6.45) is 96.8. The first-order chi connectivity index (χ1) is 41.0. The predicted octanol–water partition coefficient (Wildman–Crippen LogP) is 24.6. The van der Waals surface area contributed by atoms with Gasteiger partial charge in [-0.25, -0.2) is 0 Å². The summed E-state index contributed by atoms with van der Waals surface area (Å²) in [7, 11) is 0. The average molecular weight is 1150 g/mol. The molecule has 0 bridgehead atoms. The van der Waals surface area contributed by atoms with Gasteiger partial charge in [0.05, 0.1) is 0 Å². The van der Waals surface area contributed by atoms with Crippen LogP contribution < -0.4 is 0 Å². The molecule has 0 spiro atoms. The Morgan fingerprint density at radius 2 is 0.470 bits per heavy atom. The zero-order valence-electron chi connectivity index (χ0n) is 54.7. The standard InChI is InChI=1S/C77H132O6/c1-4-7-10-13-16-19-22-25-28-31-33-35-36-37-38-39-40-42-43-46-49-52-55-58-61-64-67-70-76(79)82-73-74(72-81-75(78)69-66-63-60-57-54-51-48-45-30-27-24-21-18-15-12-9-6-3)83-77(80)71-68-65-62-59-56-53-50-47-44-41-34-32-29-26-23-20-17-14-11-8-5-2/h8-9,11-12,17-18,20-22,25-27,29-31,33-34,41,74H,4-7,10,13-16,19,23-24,28,32,35-40,42-73H2,1-3H3/b11-8-,12-9-,20-17-,21-18-,25-22-,29-26-,30-27-,33-31-,41-34-. The topological polar surface area (TPSA) is 78.9 Å². The van der Waals surface area contributed by atoms with Gasteiger partial charge in [-0.3, -0.25) is 14.4 Å². The highest BCUT2D eigenvalue weighted by Gasteiger charge is 2.19. The second-order valence-corrected chi connectivity index (χ2v) is 23.4. The summed E-state index contributed by atoms with van der Waals surface area (Å²) in [4.78, 5) is 38.5. The van der Waals surface area contributed by atoms with Crippen LogP contribution in [0.3, 0.4) is 0 Å². The summed E-state index contributed by atoms with van der Waals surface area (Å²) in [6, 6.07) is 0. The highest BCUT2D eigenvalue weighted by atomic mass is 16.6. The third-order valence-corrected chi connectivity index (χ3v) is 15.2. The van der Waals surface area contributed by atoms with Crippen molar-refractivity contribution in [3.63, 3.8) is 0 Å². The van der Waals surface area contributed by atoms with Crippen LogP contribution >= 0.6 is 0 Å². The molecule has 0 aromatic rings. The van der Waals surface area contributed by atoms with Crippen molar-refractivity contribution < 1.29 is 28.6 Å². The highest BCUT2D eigenvalue weighted by Crippen LogP contribution is 2.17. The molecule has 0 aliphatic carbocycles. The Labute approximate surface area is 514 Å². The molecule has 0 rings (SSSR count). The fourth-order valence-corrected chi connectivity index (χ4v) is 10.0. The van der Waals surface area contributed by atoms with Crippen LogP contribution in [0.4, 0.5) is 0 Å². The quantitative estimate of drug-likeness (QED) is 0.0261. The average Bonchev–Trinajstić information content (AvgIpc) is 3.50. The lowest BCUT2D eigenvalue weighted by Gasteiger charge is -2.18. The van der Waals surface area contributed by atoms with Gasteiger partial charge >= 0.3 is 17.9 Å². The van der Waals surface area contributed by atoms with E-state index in [1.807, 2.05) is 0 Å². The third-order valence-electron chi connectivity index (χ3n) is 15.2. The SMILES string of the molecule is CC/C=C\C/C=C\C/C=C\C/C=C\CCCCCCCCCCC(=O)OC(COC(=O)CCCCCCCCC/C=C\C/C=C\C/C=C\CC)COC(=O)CCCCCCCCCCCCCCCCC/C=C\C/C=C\CCCCCCC. The summed E-state index contributed by atoms with van der Waals surface area (Å²) < 4.78 is 17.0. The van der Waals surface area contributed by atoms with Crippen LogP contribution in [-0.4, -0.2) is 37.2 Å². The van der Waals surface area contributed by atoms with E-state index in [1.165, 1.54) is 180 Å². The Morgan fingerprint density at radius 1 is 0.253 bits per heavy atom. The number of unbranched alkanes of at least 4 members (excludes halogenated alkanes) is 35. The lowest BCUT2D eigenvalue weighted by molar-refractivity contribution is -0.167. The maximum absolute atomic E-state index is 13.0. The normalized spacial score (nSPS) is 12.8.